The predicted molar refractivity (Wildman–Crippen MR) is 144 cm³/mol. The summed E-state index contributed by atoms with van der Waals surface area (Å²) in [6.45, 7) is 9.30. The Balaban J connectivity index is 1.68. The van der Waals surface area contributed by atoms with E-state index in [1.807, 2.05) is 0 Å². The Hall–Kier alpha value is -3.01. The second-order valence-electron chi connectivity index (χ2n) is 10.9. The molecule has 0 bridgehead atoms. The van der Waals surface area contributed by atoms with Gasteiger partial charge in [-0.2, -0.15) is 4.58 Å². The highest BCUT2D eigenvalue weighted by molar-refractivity contribution is 6.03. The molecular formula is C29H39N4+. The Morgan fingerprint density at radius 1 is 0.818 bits per heavy atom. The van der Waals surface area contributed by atoms with Gasteiger partial charge in [-0.3, -0.25) is 0 Å². The minimum absolute atomic E-state index is 0.0498. The smallest absolute Gasteiger partial charge is 0.209 e. The molecular weight excluding hydrogens is 404 g/mol. The summed E-state index contributed by atoms with van der Waals surface area (Å²) in [5.74, 6) is 0. The lowest BCUT2D eigenvalue weighted by atomic mass is 9.81. The normalized spacial score (nSPS) is 19.5. The van der Waals surface area contributed by atoms with E-state index in [0.717, 1.165) is 0 Å². The minimum atomic E-state index is -0.0498. The maximum Gasteiger partial charge on any atom is 0.209 e. The highest BCUT2D eigenvalue weighted by Gasteiger charge is 2.43. The average molecular weight is 444 g/mol. The number of anilines is 3. The van der Waals surface area contributed by atoms with Crippen molar-refractivity contribution in [3.8, 4) is 0 Å². The largest absolute Gasteiger partial charge is 0.378 e. The van der Waals surface area contributed by atoms with Crippen LogP contribution in [-0.2, 0) is 10.8 Å². The van der Waals surface area contributed by atoms with Crippen molar-refractivity contribution in [2.45, 2.75) is 38.5 Å². The van der Waals surface area contributed by atoms with E-state index < -0.39 is 0 Å². The van der Waals surface area contributed by atoms with Gasteiger partial charge in [-0.1, -0.05) is 19.9 Å². The fourth-order valence-electron chi connectivity index (χ4n) is 5.44. The number of hydrogen-bond acceptors (Lipinski definition) is 3. The summed E-state index contributed by atoms with van der Waals surface area (Å²) in [4.78, 5) is 6.68. The van der Waals surface area contributed by atoms with Crippen LogP contribution in [0.1, 0.15) is 38.8 Å². The summed E-state index contributed by atoms with van der Waals surface area (Å²) < 4.78 is 2.34. The van der Waals surface area contributed by atoms with Crippen LogP contribution in [0.25, 0.3) is 0 Å². The Bertz CT molecular complexity index is 1190. The Labute approximate surface area is 200 Å². The van der Waals surface area contributed by atoms with E-state index in [-0.39, 0.29) is 10.8 Å². The van der Waals surface area contributed by atoms with Crippen LogP contribution in [0, 0.1) is 0 Å². The van der Waals surface area contributed by atoms with E-state index in [0.29, 0.717) is 0 Å². The van der Waals surface area contributed by atoms with Gasteiger partial charge in [-0.25, -0.2) is 0 Å². The number of rotatable bonds is 4. The zero-order valence-electron chi connectivity index (χ0n) is 22.0. The van der Waals surface area contributed by atoms with Crippen LogP contribution in [0.3, 0.4) is 0 Å². The fraction of sp³-hybridized carbons (Fsp3) is 0.414. The number of fused-ring (bicyclic) bond motifs is 2. The first kappa shape index (κ1) is 23.2. The van der Waals surface area contributed by atoms with Crippen LogP contribution >= 0.6 is 0 Å². The molecule has 0 unspecified atom stereocenters. The van der Waals surface area contributed by atoms with Crippen LogP contribution in [-0.4, -0.2) is 52.6 Å². The van der Waals surface area contributed by atoms with Gasteiger partial charge >= 0.3 is 0 Å². The van der Waals surface area contributed by atoms with Crippen LogP contribution in [0.2, 0.25) is 0 Å². The van der Waals surface area contributed by atoms with Crippen molar-refractivity contribution >= 4 is 28.5 Å². The van der Waals surface area contributed by atoms with Crippen molar-refractivity contribution in [1.29, 1.82) is 0 Å². The molecule has 4 rings (SSSR count). The molecule has 0 atom stereocenters. The molecule has 0 spiro atoms. The maximum absolute atomic E-state index is 2.34. The minimum Gasteiger partial charge on any atom is -0.378 e. The highest BCUT2D eigenvalue weighted by atomic mass is 15.2. The molecule has 2 aromatic carbocycles. The molecule has 0 fully saturated rings. The van der Waals surface area contributed by atoms with Gasteiger partial charge in [0.25, 0.3) is 0 Å². The second kappa shape index (κ2) is 7.79. The molecule has 0 aliphatic carbocycles. The molecule has 0 N–H and O–H groups in total. The summed E-state index contributed by atoms with van der Waals surface area (Å²) in [7, 11) is 12.8. The second-order valence-corrected chi connectivity index (χ2v) is 10.9. The predicted octanol–water partition coefficient (Wildman–Crippen LogP) is 5.69. The SMILES string of the molecule is CN(C)c1ccc2c(c1)C(C)(C)C(=CC=CC1=[N+](C)c3ccc(N(C)C)cc3C1(C)C)N2C. The first-order chi connectivity index (χ1) is 15.4. The lowest BCUT2D eigenvalue weighted by Gasteiger charge is -2.24. The maximum atomic E-state index is 2.34. The van der Waals surface area contributed by atoms with E-state index in [1.165, 1.54) is 45.3 Å². The first-order valence-electron chi connectivity index (χ1n) is 11.7. The quantitative estimate of drug-likeness (QED) is 0.563. The highest BCUT2D eigenvalue weighted by Crippen LogP contribution is 2.48. The standard InChI is InChI=1S/C29H39N4/c1-28(2)22-18-20(30(5)6)14-16-24(22)32(9)26(28)12-11-13-27-29(3,4)23-19-21(31(7)8)15-17-25(23)33(27)10/h11-19H,1-10H3/q+1. The first-order valence-corrected chi connectivity index (χ1v) is 11.7. The average Bonchev–Trinajstić information content (AvgIpc) is 3.06. The molecule has 2 heterocycles. The van der Waals surface area contributed by atoms with Gasteiger partial charge in [-0.05, 0) is 55.8 Å². The summed E-state index contributed by atoms with van der Waals surface area (Å²) in [5.41, 5.74) is 10.4. The molecule has 2 aliphatic rings. The topological polar surface area (TPSA) is 12.7 Å². The molecule has 0 aromatic heterocycles. The van der Waals surface area contributed by atoms with E-state index >= 15 is 0 Å². The van der Waals surface area contributed by atoms with E-state index in [4.69, 9.17) is 0 Å². The third-order valence-electron chi connectivity index (χ3n) is 7.57. The molecule has 0 saturated heterocycles. The van der Waals surface area contributed by atoms with E-state index in [2.05, 4.69) is 144 Å². The van der Waals surface area contributed by atoms with Crippen molar-refractivity contribution in [1.82, 2.24) is 0 Å². The van der Waals surface area contributed by atoms with Crippen LogP contribution < -0.4 is 14.7 Å². The van der Waals surface area contributed by atoms with Gasteiger partial charge < -0.3 is 14.7 Å². The zero-order chi connectivity index (χ0) is 24.3. The summed E-state index contributed by atoms with van der Waals surface area (Å²) in [6.07, 6.45) is 6.82. The number of allylic oxidation sites excluding steroid dienone is 4. The summed E-state index contributed by atoms with van der Waals surface area (Å²) in [6, 6.07) is 13.6. The van der Waals surface area contributed by atoms with E-state index in [1.54, 1.807) is 0 Å². The Morgan fingerprint density at radius 2 is 1.39 bits per heavy atom. The zero-order valence-corrected chi connectivity index (χ0v) is 22.0. The monoisotopic (exact) mass is 443 g/mol. The lowest BCUT2D eigenvalue weighted by molar-refractivity contribution is -0.401. The third kappa shape index (κ3) is 3.56. The molecule has 4 heteroatoms. The van der Waals surface area contributed by atoms with Gasteiger partial charge in [0, 0.05) is 81.1 Å². The van der Waals surface area contributed by atoms with Gasteiger partial charge in [0.1, 0.15) is 7.05 Å². The Kier molecular flexibility index (Phi) is 5.47. The third-order valence-corrected chi connectivity index (χ3v) is 7.57. The Morgan fingerprint density at radius 3 is 2.00 bits per heavy atom. The lowest BCUT2D eigenvalue weighted by Crippen LogP contribution is -2.27. The van der Waals surface area contributed by atoms with Gasteiger partial charge in [0.05, 0.1) is 5.41 Å². The number of likely N-dealkylation sites (N-methyl/N-ethyl adjacent to an activating group) is 1. The van der Waals surface area contributed by atoms with Crippen LogP contribution in [0.15, 0.2) is 60.3 Å². The van der Waals surface area contributed by atoms with Crippen molar-refractivity contribution < 1.29 is 4.58 Å². The van der Waals surface area contributed by atoms with E-state index in [9.17, 15) is 0 Å². The van der Waals surface area contributed by atoms with Gasteiger partial charge in [-0.15, -0.1) is 0 Å². The van der Waals surface area contributed by atoms with Crippen molar-refractivity contribution in [2.75, 3.05) is 57.0 Å². The van der Waals surface area contributed by atoms with Gasteiger partial charge in [0.15, 0.2) is 5.71 Å². The molecule has 2 aromatic rings. The molecule has 2 aliphatic heterocycles. The van der Waals surface area contributed by atoms with Crippen molar-refractivity contribution in [3.63, 3.8) is 0 Å². The van der Waals surface area contributed by atoms with Crippen molar-refractivity contribution in [2.24, 2.45) is 0 Å². The number of benzene rings is 2. The molecule has 174 valence electrons. The summed E-state index contributed by atoms with van der Waals surface area (Å²) >= 11 is 0. The molecule has 0 amide bonds. The number of nitrogens with zero attached hydrogens (tertiary/aromatic N) is 4. The van der Waals surface area contributed by atoms with Crippen LogP contribution in [0.4, 0.5) is 22.7 Å². The summed E-state index contributed by atoms with van der Waals surface area (Å²) in [5, 5.41) is 0. The molecule has 33 heavy (non-hydrogen) atoms. The fourth-order valence-corrected chi connectivity index (χ4v) is 5.44. The number of hydrogen-bond donors (Lipinski definition) is 0. The molecule has 0 radical (unpaired) electrons. The van der Waals surface area contributed by atoms with Crippen LogP contribution in [0.5, 0.6) is 0 Å². The van der Waals surface area contributed by atoms with Crippen molar-refractivity contribution in [3.05, 3.63) is 71.5 Å². The molecule has 0 saturated carbocycles. The molecule has 4 nitrogen and oxygen atoms in total. The van der Waals surface area contributed by atoms with Gasteiger partial charge in [0.2, 0.25) is 5.69 Å².